The second-order valence-corrected chi connectivity index (χ2v) is 2.23. The van der Waals surface area contributed by atoms with E-state index in [2.05, 4.69) is 0 Å². The summed E-state index contributed by atoms with van der Waals surface area (Å²) >= 11 is 0. The third kappa shape index (κ3) is 7.81. The third-order valence-electron chi connectivity index (χ3n) is 1.29. The molecule has 0 spiro atoms. The van der Waals surface area contributed by atoms with E-state index in [1.54, 1.807) is 0 Å². The maximum atomic E-state index is 10.1. The number of rotatable bonds is 5. The number of unbranched alkanes of at least 4 members (excludes halogenated alkanes) is 1. The predicted molar refractivity (Wildman–Crippen MR) is 38.5 cm³/mol. The number of hydrogen-bond acceptors (Lipinski definition) is 3. The van der Waals surface area contributed by atoms with Crippen molar-refractivity contribution in [2.75, 3.05) is 6.54 Å². The van der Waals surface area contributed by atoms with Crippen molar-refractivity contribution in [3.05, 3.63) is 0 Å². The van der Waals surface area contributed by atoms with Crippen molar-refractivity contribution in [1.82, 2.24) is 0 Å². The Balaban J connectivity index is 0. The van der Waals surface area contributed by atoms with E-state index >= 15 is 0 Å². The van der Waals surface area contributed by atoms with E-state index in [0.29, 0.717) is 13.0 Å². The molecular formula is C6H14FeN2O2. The van der Waals surface area contributed by atoms with E-state index in [4.69, 9.17) is 16.6 Å². The average molecular weight is 202 g/mol. The minimum absolute atomic E-state index is 0. The molecule has 68 valence electrons. The van der Waals surface area contributed by atoms with Gasteiger partial charge >= 0.3 is 5.97 Å². The molecule has 0 aliphatic rings. The Hall–Kier alpha value is -0.0905. The molecule has 0 bridgehead atoms. The molecule has 0 aliphatic heterocycles. The van der Waals surface area contributed by atoms with Gasteiger partial charge in [0.05, 0.1) is 0 Å². The van der Waals surface area contributed by atoms with Crippen LogP contribution in [0.1, 0.15) is 19.3 Å². The van der Waals surface area contributed by atoms with Gasteiger partial charge in [-0.1, -0.05) is 6.42 Å². The van der Waals surface area contributed by atoms with Crippen molar-refractivity contribution in [3.63, 3.8) is 0 Å². The minimum Gasteiger partial charge on any atom is -0.480 e. The van der Waals surface area contributed by atoms with Gasteiger partial charge in [-0.15, -0.1) is 0 Å². The van der Waals surface area contributed by atoms with Crippen molar-refractivity contribution in [2.45, 2.75) is 25.3 Å². The van der Waals surface area contributed by atoms with E-state index < -0.39 is 12.0 Å². The van der Waals surface area contributed by atoms with E-state index in [1.165, 1.54) is 0 Å². The molecule has 0 fully saturated rings. The number of aliphatic carboxylic acids is 1. The molecule has 5 N–H and O–H groups in total. The first-order chi connectivity index (χ1) is 4.68. The van der Waals surface area contributed by atoms with Gasteiger partial charge in [0, 0.05) is 17.1 Å². The standard InChI is InChI=1S/C6H14N2O2.Fe/c7-4-2-1-3-5(8)6(9)10;/h5H,1-4,7-8H2,(H,9,10);/t5-;/m0./s1. The first kappa shape index (κ1) is 13.5. The summed E-state index contributed by atoms with van der Waals surface area (Å²) in [6.07, 6.45) is 2.16. The fourth-order valence-electron chi connectivity index (χ4n) is 0.632. The number of carbonyl (C=O) groups is 1. The molecule has 0 aliphatic carbocycles. The first-order valence-electron chi connectivity index (χ1n) is 3.37. The van der Waals surface area contributed by atoms with Gasteiger partial charge in [0.2, 0.25) is 0 Å². The zero-order valence-corrected chi connectivity index (χ0v) is 7.37. The van der Waals surface area contributed by atoms with Gasteiger partial charge in [0.15, 0.2) is 0 Å². The quantitative estimate of drug-likeness (QED) is 0.415. The minimum atomic E-state index is -0.933. The van der Waals surface area contributed by atoms with Gasteiger partial charge in [-0.3, -0.25) is 4.79 Å². The van der Waals surface area contributed by atoms with E-state index in [0.717, 1.165) is 12.8 Å². The molecule has 5 heteroatoms. The van der Waals surface area contributed by atoms with E-state index in [1.807, 2.05) is 0 Å². The molecule has 0 aromatic rings. The summed E-state index contributed by atoms with van der Waals surface area (Å²) in [5, 5.41) is 8.33. The Morgan fingerprint density at radius 3 is 2.36 bits per heavy atom. The van der Waals surface area contributed by atoms with Crippen LogP contribution in [0.4, 0.5) is 0 Å². The zero-order chi connectivity index (χ0) is 7.98. The maximum absolute atomic E-state index is 10.1. The van der Waals surface area contributed by atoms with Crippen LogP contribution in [0.15, 0.2) is 0 Å². The van der Waals surface area contributed by atoms with Gasteiger partial charge in [0.1, 0.15) is 6.04 Å². The van der Waals surface area contributed by atoms with E-state index in [-0.39, 0.29) is 17.1 Å². The molecule has 0 saturated carbocycles. The van der Waals surface area contributed by atoms with Gasteiger partial charge in [-0.05, 0) is 19.4 Å². The van der Waals surface area contributed by atoms with Crippen LogP contribution in [0.25, 0.3) is 0 Å². The molecule has 4 nitrogen and oxygen atoms in total. The number of carboxylic acids is 1. The summed E-state index contributed by atoms with van der Waals surface area (Å²) in [5.74, 6) is -0.933. The number of carboxylic acid groups (broad SMARTS) is 1. The summed E-state index contributed by atoms with van der Waals surface area (Å²) in [6.45, 7) is 0.604. The molecule has 0 unspecified atom stereocenters. The van der Waals surface area contributed by atoms with Gasteiger partial charge in [-0.2, -0.15) is 0 Å². The van der Waals surface area contributed by atoms with Crippen LogP contribution < -0.4 is 11.5 Å². The van der Waals surface area contributed by atoms with Gasteiger partial charge < -0.3 is 16.6 Å². The predicted octanol–water partition coefficient (Wildman–Crippen LogP) is -0.475. The summed E-state index contributed by atoms with van der Waals surface area (Å²) in [7, 11) is 0. The van der Waals surface area contributed by atoms with Crippen LogP contribution in [0.3, 0.4) is 0 Å². The van der Waals surface area contributed by atoms with Crippen molar-refractivity contribution in [1.29, 1.82) is 0 Å². The Kier molecular flexibility index (Phi) is 9.83. The number of hydrogen-bond donors (Lipinski definition) is 3. The van der Waals surface area contributed by atoms with Crippen LogP contribution in [0, 0.1) is 0 Å². The molecule has 0 radical (unpaired) electrons. The van der Waals surface area contributed by atoms with Crippen LogP contribution in [-0.4, -0.2) is 23.7 Å². The van der Waals surface area contributed by atoms with E-state index in [9.17, 15) is 4.79 Å². The third-order valence-corrected chi connectivity index (χ3v) is 1.29. The molecule has 0 aromatic heterocycles. The van der Waals surface area contributed by atoms with Gasteiger partial charge in [0.25, 0.3) is 0 Å². The Morgan fingerprint density at radius 1 is 1.45 bits per heavy atom. The molecule has 11 heavy (non-hydrogen) atoms. The van der Waals surface area contributed by atoms with Crippen LogP contribution in [0.5, 0.6) is 0 Å². The summed E-state index contributed by atoms with van der Waals surface area (Å²) in [6, 6.07) is -0.716. The zero-order valence-electron chi connectivity index (χ0n) is 6.27. The summed E-state index contributed by atoms with van der Waals surface area (Å²) in [4.78, 5) is 10.1. The second kappa shape index (κ2) is 8.01. The Labute approximate surface area is 76.8 Å². The fourth-order valence-corrected chi connectivity index (χ4v) is 0.632. The Bertz CT molecular complexity index is 111. The SMILES string of the molecule is NCCCC[C@H](N)C(=O)O.[Fe]. The normalized spacial score (nSPS) is 11.8. The molecule has 0 saturated heterocycles. The van der Waals surface area contributed by atoms with Gasteiger partial charge in [-0.25, -0.2) is 0 Å². The second-order valence-electron chi connectivity index (χ2n) is 2.23. The largest absolute Gasteiger partial charge is 0.480 e. The van der Waals surface area contributed by atoms with Crippen LogP contribution >= 0.6 is 0 Å². The first-order valence-corrected chi connectivity index (χ1v) is 3.37. The Morgan fingerprint density at radius 2 is 2.00 bits per heavy atom. The van der Waals surface area contributed by atoms with Crippen molar-refractivity contribution in [2.24, 2.45) is 11.5 Å². The average Bonchev–Trinajstić information content (AvgIpc) is 1.88. The van der Waals surface area contributed by atoms with Crippen LogP contribution in [-0.2, 0) is 21.9 Å². The maximum Gasteiger partial charge on any atom is 0.320 e. The van der Waals surface area contributed by atoms with Crippen molar-refractivity contribution >= 4 is 5.97 Å². The smallest absolute Gasteiger partial charge is 0.320 e. The molecule has 0 rings (SSSR count). The summed E-state index contributed by atoms with van der Waals surface area (Å²) < 4.78 is 0. The monoisotopic (exact) mass is 202 g/mol. The molecule has 0 heterocycles. The molecule has 0 amide bonds. The van der Waals surface area contributed by atoms with Crippen molar-refractivity contribution in [3.8, 4) is 0 Å². The molecule has 1 atom stereocenters. The molecule has 0 aromatic carbocycles. The summed E-state index contributed by atoms with van der Waals surface area (Å²) in [5.41, 5.74) is 10.4. The number of nitrogens with two attached hydrogens (primary N) is 2. The topological polar surface area (TPSA) is 89.3 Å². The van der Waals surface area contributed by atoms with Crippen molar-refractivity contribution < 1.29 is 27.0 Å². The van der Waals surface area contributed by atoms with Crippen LogP contribution in [0.2, 0.25) is 0 Å². The molecular weight excluding hydrogens is 188 g/mol. The fraction of sp³-hybridized carbons (Fsp3) is 0.833.